The van der Waals surface area contributed by atoms with Crippen LogP contribution in [0.15, 0.2) is 60.9 Å². The number of nitrogens with one attached hydrogen (secondary N) is 4. The molecule has 272 valence electrons. The molecule has 52 heavy (non-hydrogen) atoms. The summed E-state index contributed by atoms with van der Waals surface area (Å²) in [6.07, 6.45) is 7.52. The van der Waals surface area contributed by atoms with E-state index in [2.05, 4.69) is 71.7 Å². The summed E-state index contributed by atoms with van der Waals surface area (Å²) in [4.78, 5) is 70.0. The summed E-state index contributed by atoms with van der Waals surface area (Å²) in [7, 11) is 2.58. The van der Waals surface area contributed by atoms with Gasteiger partial charge in [-0.15, -0.1) is 0 Å². The molecule has 2 aromatic carbocycles. The van der Waals surface area contributed by atoms with Crippen molar-refractivity contribution >= 4 is 24.0 Å². The Labute approximate surface area is 301 Å². The van der Waals surface area contributed by atoms with Crippen LogP contribution in [0, 0.1) is 5.92 Å². The van der Waals surface area contributed by atoms with Crippen LogP contribution >= 0.6 is 0 Å². The minimum Gasteiger partial charge on any atom is -0.453 e. The number of aromatic nitrogens is 4. The van der Waals surface area contributed by atoms with Crippen molar-refractivity contribution in [3.63, 3.8) is 0 Å². The molecule has 0 bridgehead atoms. The highest BCUT2D eigenvalue weighted by Gasteiger charge is 2.43. The van der Waals surface area contributed by atoms with Crippen molar-refractivity contribution in [2.75, 3.05) is 27.3 Å². The zero-order valence-electron chi connectivity index (χ0n) is 29.6. The number of aromatic amines is 2. The fourth-order valence-electron chi connectivity index (χ4n) is 7.34. The van der Waals surface area contributed by atoms with Crippen LogP contribution in [0.4, 0.5) is 9.59 Å². The number of H-pyrrole nitrogens is 2. The third kappa shape index (κ3) is 7.23. The van der Waals surface area contributed by atoms with E-state index >= 15 is 0 Å². The first kappa shape index (κ1) is 34.8. The molecule has 4 atom stereocenters. The minimum atomic E-state index is -0.704. The number of rotatable bonds is 10. The summed E-state index contributed by atoms with van der Waals surface area (Å²) >= 11 is 0. The van der Waals surface area contributed by atoms with E-state index in [1.165, 1.54) is 14.2 Å². The Hall–Kier alpha value is -5.66. The minimum absolute atomic E-state index is 0.0786. The van der Waals surface area contributed by atoms with Crippen LogP contribution in [0.1, 0.15) is 69.2 Å². The third-order valence-electron chi connectivity index (χ3n) is 10.3. The van der Waals surface area contributed by atoms with Gasteiger partial charge in [-0.2, -0.15) is 0 Å². The number of hydrogen-bond acceptors (Lipinski definition) is 8. The molecular formula is C38H44N8O6. The van der Waals surface area contributed by atoms with Crippen molar-refractivity contribution < 1.29 is 28.7 Å². The third-order valence-corrected chi connectivity index (χ3v) is 10.3. The summed E-state index contributed by atoms with van der Waals surface area (Å²) in [6, 6.07) is 14.8. The van der Waals surface area contributed by atoms with E-state index < -0.39 is 24.3 Å². The Morgan fingerprint density at radius 3 is 1.58 bits per heavy atom. The quantitative estimate of drug-likeness (QED) is 0.171. The van der Waals surface area contributed by atoms with Gasteiger partial charge in [-0.3, -0.25) is 9.59 Å². The number of amides is 4. The SMILES string of the molecule is COC(=O)N[C@@H](C)C(=O)N1CCC[C@H]1c1ncc(-c2ccc(-c3ccc(-c4cnc([C@@H]5CCCN5C(=O)[C@@H](NC(=O)OC)C5CC5)[nH]4)cc3)cc2)[nH]1. The van der Waals surface area contributed by atoms with E-state index in [4.69, 9.17) is 4.74 Å². The van der Waals surface area contributed by atoms with Gasteiger partial charge in [0.05, 0.1) is 50.1 Å². The van der Waals surface area contributed by atoms with E-state index in [0.29, 0.717) is 13.1 Å². The Bertz CT molecular complexity index is 1920. The van der Waals surface area contributed by atoms with Crippen LogP contribution in [-0.4, -0.2) is 93.1 Å². The molecule has 0 radical (unpaired) electrons. The van der Waals surface area contributed by atoms with Crippen molar-refractivity contribution in [2.45, 2.75) is 69.6 Å². The molecule has 0 spiro atoms. The van der Waals surface area contributed by atoms with E-state index in [1.54, 1.807) is 18.0 Å². The summed E-state index contributed by atoms with van der Waals surface area (Å²) in [6.45, 7) is 2.87. The van der Waals surface area contributed by atoms with Crippen LogP contribution < -0.4 is 10.6 Å². The van der Waals surface area contributed by atoms with Gasteiger partial charge in [0.15, 0.2) is 0 Å². The number of ether oxygens (including phenoxy) is 2. The Kier molecular flexibility index (Phi) is 9.97. The Morgan fingerprint density at radius 1 is 0.673 bits per heavy atom. The van der Waals surface area contributed by atoms with Gasteiger partial charge in [0.1, 0.15) is 23.7 Å². The molecule has 3 fully saturated rings. The highest BCUT2D eigenvalue weighted by atomic mass is 16.5. The van der Waals surface area contributed by atoms with Crippen molar-refractivity contribution in [3.05, 3.63) is 72.6 Å². The van der Waals surface area contributed by atoms with Gasteiger partial charge in [-0.25, -0.2) is 19.6 Å². The molecule has 4 amide bonds. The van der Waals surface area contributed by atoms with E-state index in [9.17, 15) is 19.2 Å². The van der Waals surface area contributed by atoms with Crippen LogP contribution in [0.2, 0.25) is 0 Å². The summed E-state index contributed by atoms with van der Waals surface area (Å²) in [5.41, 5.74) is 5.81. The Morgan fingerprint density at radius 2 is 1.12 bits per heavy atom. The first-order valence-corrected chi connectivity index (χ1v) is 17.8. The molecule has 2 saturated heterocycles. The van der Waals surface area contributed by atoms with Crippen molar-refractivity contribution in [1.29, 1.82) is 0 Å². The number of carbonyl (C=O) groups is 4. The number of alkyl carbamates (subject to hydrolysis) is 2. The molecule has 0 unspecified atom stereocenters. The van der Waals surface area contributed by atoms with Gasteiger partial charge in [-0.1, -0.05) is 48.5 Å². The number of imidazole rings is 2. The van der Waals surface area contributed by atoms with Gasteiger partial charge in [0, 0.05) is 13.1 Å². The second-order valence-electron chi connectivity index (χ2n) is 13.7. The maximum Gasteiger partial charge on any atom is 0.407 e. The predicted octanol–water partition coefficient (Wildman–Crippen LogP) is 5.34. The molecule has 14 nitrogen and oxygen atoms in total. The number of hydrogen-bond donors (Lipinski definition) is 4. The van der Waals surface area contributed by atoms with Crippen LogP contribution in [0.3, 0.4) is 0 Å². The molecule has 4 heterocycles. The standard InChI is InChI=1S/C38H44N8O6/c1-22(41-37(49)51-2)35(47)45-18-4-6-30(45)33-39-20-28(42-33)25-12-8-23(9-13-25)24-10-14-26(15-11-24)29-21-40-34(43-29)31-7-5-19-46(31)36(48)32(27-16-17-27)44-38(50)52-3/h8-15,20-22,27,30-32H,4-7,16-19H2,1-3H3,(H,39,42)(H,40,43)(H,41,49)(H,44,50)/t22-,30-,31-,32-/m0/s1. The van der Waals surface area contributed by atoms with Gasteiger partial charge >= 0.3 is 12.2 Å². The highest BCUT2D eigenvalue weighted by molar-refractivity contribution is 5.87. The lowest BCUT2D eigenvalue weighted by Crippen LogP contribution is -2.49. The molecule has 7 rings (SSSR count). The lowest BCUT2D eigenvalue weighted by Gasteiger charge is -2.28. The van der Waals surface area contributed by atoms with Crippen LogP contribution in [-0.2, 0) is 19.1 Å². The lowest BCUT2D eigenvalue weighted by molar-refractivity contribution is -0.135. The number of benzene rings is 2. The number of carbonyl (C=O) groups excluding carboxylic acids is 4. The average molecular weight is 709 g/mol. The average Bonchev–Trinajstić information content (AvgIpc) is 3.64. The fourth-order valence-corrected chi connectivity index (χ4v) is 7.34. The number of likely N-dealkylation sites (tertiary alicyclic amines) is 2. The zero-order valence-corrected chi connectivity index (χ0v) is 29.6. The van der Waals surface area contributed by atoms with Gasteiger partial charge in [0.25, 0.3) is 0 Å². The molecule has 4 aromatic rings. The van der Waals surface area contributed by atoms with Gasteiger partial charge < -0.3 is 39.9 Å². The molecule has 2 aliphatic heterocycles. The maximum absolute atomic E-state index is 13.5. The fraction of sp³-hybridized carbons (Fsp3) is 0.421. The lowest BCUT2D eigenvalue weighted by atomic mass is 10.0. The predicted molar refractivity (Wildman–Crippen MR) is 191 cm³/mol. The van der Waals surface area contributed by atoms with Gasteiger partial charge in [-0.05, 0) is 73.6 Å². The summed E-state index contributed by atoms with van der Waals surface area (Å²) in [5.74, 6) is 1.36. The van der Waals surface area contributed by atoms with Gasteiger partial charge in [0.2, 0.25) is 11.8 Å². The topological polar surface area (TPSA) is 175 Å². The van der Waals surface area contributed by atoms with E-state index in [-0.39, 0.29) is 29.8 Å². The molecule has 1 saturated carbocycles. The van der Waals surface area contributed by atoms with Crippen molar-refractivity contribution in [3.8, 4) is 33.6 Å². The monoisotopic (exact) mass is 708 g/mol. The van der Waals surface area contributed by atoms with Crippen LogP contribution in [0.25, 0.3) is 33.6 Å². The molecule has 2 aromatic heterocycles. The Balaban J connectivity index is 0.991. The second-order valence-corrected chi connectivity index (χ2v) is 13.7. The summed E-state index contributed by atoms with van der Waals surface area (Å²) < 4.78 is 9.41. The molecule has 14 heteroatoms. The van der Waals surface area contributed by atoms with E-state index in [0.717, 1.165) is 83.8 Å². The van der Waals surface area contributed by atoms with Crippen molar-refractivity contribution in [1.82, 2.24) is 40.4 Å². The first-order chi connectivity index (χ1) is 25.2. The maximum atomic E-state index is 13.5. The highest BCUT2D eigenvalue weighted by Crippen LogP contribution is 2.38. The molecule has 4 N–H and O–H groups in total. The number of methoxy groups -OCH3 is 2. The first-order valence-electron chi connectivity index (χ1n) is 17.8. The molecule has 3 aliphatic rings. The summed E-state index contributed by atoms with van der Waals surface area (Å²) in [5, 5.41) is 5.31. The van der Waals surface area contributed by atoms with Crippen LogP contribution in [0.5, 0.6) is 0 Å². The molecular weight excluding hydrogens is 664 g/mol. The largest absolute Gasteiger partial charge is 0.453 e. The zero-order chi connectivity index (χ0) is 36.4. The van der Waals surface area contributed by atoms with Crippen molar-refractivity contribution in [2.24, 2.45) is 5.92 Å². The molecule has 1 aliphatic carbocycles. The number of nitrogens with zero attached hydrogens (tertiary/aromatic N) is 4. The van der Waals surface area contributed by atoms with E-state index in [1.807, 2.05) is 23.2 Å². The second kappa shape index (κ2) is 14.9. The normalized spacial score (nSPS) is 19.6. The smallest absolute Gasteiger partial charge is 0.407 e.